The SMILES string of the molecule is CC(C)[C@@H](NC(=O)[C@@H]([C@@H](C)O)N1C[C@@H](NC(=O)[C@@H](Cc2ccc(O)cc2)NC(=O)[C@H](N)CCCN=C(N)N)CC1=O)C(=O)N[C@H](CCC(=O)O)C(=O)N[C@@H]1CC(C)N([C@H](C)C(N)=O)C1=O. The van der Waals surface area contributed by atoms with Gasteiger partial charge in [-0.05, 0) is 70.1 Å². The van der Waals surface area contributed by atoms with Gasteiger partial charge in [0.2, 0.25) is 47.3 Å². The van der Waals surface area contributed by atoms with Gasteiger partial charge < -0.3 is 74.6 Å². The maximum atomic E-state index is 13.9. The molecule has 0 aliphatic carbocycles. The molecule has 1 unspecified atom stereocenters. The van der Waals surface area contributed by atoms with E-state index in [0.717, 1.165) is 4.90 Å². The van der Waals surface area contributed by atoms with Crippen molar-refractivity contribution < 1.29 is 58.5 Å². The quantitative estimate of drug-likeness (QED) is 0.0265. The molecule has 1 aromatic rings. The number of carbonyl (C=O) groups excluding carboxylic acids is 8. The van der Waals surface area contributed by atoms with Crippen LogP contribution in [0.4, 0.5) is 0 Å². The highest BCUT2D eigenvalue weighted by atomic mass is 16.4. The number of carboxylic acids is 1. The largest absolute Gasteiger partial charge is 0.508 e. The second-order valence-electron chi connectivity index (χ2n) is 16.8. The van der Waals surface area contributed by atoms with E-state index >= 15 is 0 Å². The molecule has 8 amide bonds. The highest BCUT2D eigenvalue weighted by Crippen LogP contribution is 2.23. The number of guanidine groups is 1. The number of carbonyl (C=O) groups is 9. The Kier molecular flexibility index (Phi) is 19.4. The number of aromatic hydroxyl groups is 1. The number of carboxylic acid groups (broad SMARTS) is 1. The van der Waals surface area contributed by atoms with Gasteiger partial charge in [0.15, 0.2) is 5.96 Å². The number of aliphatic carboxylic acids is 1. The summed E-state index contributed by atoms with van der Waals surface area (Å²) >= 11 is 0. The highest BCUT2D eigenvalue weighted by molar-refractivity contribution is 5.98. The average molecular weight is 917 g/mol. The molecule has 0 radical (unpaired) electrons. The molecule has 2 aliphatic rings. The van der Waals surface area contributed by atoms with Gasteiger partial charge in [0, 0.05) is 38.4 Å². The van der Waals surface area contributed by atoms with Crippen molar-refractivity contribution in [1.82, 2.24) is 36.4 Å². The predicted molar refractivity (Wildman–Crippen MR) is 232 cm³/mol. The minimum Gasteiger partial charge on any atom is -0.508 e. The normalized spacial score (nSPS) is 20.4. The van der Waals surface area contributed by atoms with E-state index in [1.54, 1.807) is 32.9 Å². The minimum absolute atomic E-state index is 0.0229. The number of phenols is 1. The number of phenolic OH excluding ortho intramolecular Hbond substituents is 1. The van der Waals surface area contributed by atoms with Crippen LogP contribution in [0.1, 0.15) is 78.7 Å². The Balaban J connectivity index is 1.74. The summed E-state index contributed by atoms with van der Waals surface area (Å²) in [7, 11) is 0. The number of aliphatic hydroxyl groups is 1. The molecule has 2 saturated heterocycles. The lowest BCUT2D eigenvalue weighted by Crippen LogP contribution is -2.61. The molecule has 10 atom stereocenters. The zero-order valence-electron chi connectivity index (χ0n) is 37.2. The van der Waals surface area contributed by atoms with Crippen LogP contribution in [-0.4, -0.2) is 158 Å². The monoisotopic (exact) mass is 916 g/mol. The van der Waals surface area contributed by atoms with Gasteiger partial charge >= 0.3 is 5.97 Å². The number of nitrogens with one attached hydrogen (secondary N) is 5. The fraction of sp³-hybridized carbons (Fsp3) is 0.610. The van der Waals surface area contributed by atoms with Crippen molar-refractivity contribution in [3.05, 3.63) is 29.8 Å². The Morgan fingerprint density at radius 2 is 1.46 bits per heavy atom. The summed E-state index contributed by atoms with van der Waals surface area (Å²) in [6, 6.07) is -4.23. The molecular weight excluding hydrogens is 853 g/mol. The van der Waals surface area contributed by atoms with E-state index in [1.807, 2.05) is 0 Å². The first kappa shape index (κ1) is 52.8. The highest BCUT2D eigenvalue weighted by Gasteiger charge is 2.44. The van der Waals surface area contributed by atoms with Crippen molar-refractivity contribution in [2.24, 2.45) is 33.8 Å². The van der Waals surface area contributed by atoms with Crippen molar-refractivity contribution in [3.8, 4) is 5.75 Å². The third-order valence-electron chi connectivity index (χ3n) is 11.2. The van der Waals surface area contributed by atoms with Crippen LogP contribution in [-0.2, 0) is 49.6 Å². The van der Waals surface area contributed by atoms with E-state index < -0.39 is 132 Å². The van der Waals surface area contributed by atoms with Gasteiger partial charge in [0.1, 0.15) is 42.0 Å². The number of aliphatic imine (C=N–C) groups is 1. The Labute approximate surface area is 376 Å². The Morgan fingerprint density at radius 1 is 0.846 bits per heavy atom. The molecule has 16 N–H and O–H groups in total. The fourth-order valence-corrected chi connectivity index (χ4v) is 7.65. The summed E-state index contributed by atoms with van der Waals surface area (Å²) in [4.78, 5) is 124. The van der Waals surface area contributed by atoms with E-state index in [1.165, 1.54) is 30.9 Å². The van der Waals surface area contributed by atoms with Crippen molar-refractivity contribution in [1.29, 1.82) is 0 Å². The van der Waals surface area contributed by atoms with Gasteiger partial charge in [0.25, 0.3) is 0 Å². The standard InChI is InChI=1S/C41H64N12O12/c1-19(2)32(38(63)48-27(12-13-31(57)58)36(61)50-29-15-20(3)53(40(29)65)21(4)34(43)59)51-39(64)33(22(5)54)52-18-24(17-30(52)56)47-37(62)28(16-23-8-10-25(55)11-9-23)49-35(60)26(42)7-6-14-46-41(44)45/h8-11,19-22,24,26-29,32-33,54-55H,6-7,12-18,42H2,1-5H3,(H2,43,59)(H,47,62)(H,48,63)(H,49,60)(H,50,61)(H,51,64)(H,57,58)(H4,44,45,46)/t20?,21-,22-,24+,26-,27-,28-,29-,32-,33-/m1/s1. The van der Waals surface area contributed by atoms with Gasteiger partial charge in [0.05, 0.1) is 18.2 Å². The number of amides is 8. The average Bonchev–Trinajstić information content (AvgIpc) is 3.71. The zero-order chi connectivity index (χ0) is 48.9. The molecule has 0 saturated carbocycles. The number of hydrogen-bond donors (Lipinski definition) is 12. The molecule has 24 nitrogen and oxygen atoms in total. The molecule has 2 heterocycles. The predicted octanol–water partition coefficient (Wildman–Crippen LogP) is -4.26. The van der Waals surface area contributed by atoms with Crippen molar-refractivity contribution in [3.63, 3.8) is 0 Å². The maximum Gasteiger partial charge on any atom is 0.303 e. The maximum absolute atomic E-state index is 13.9. The van der Waals surface area contributed by atoms with Gasteiger partial charge in [-0.15, -0.1) is 0 Å². The lowest BCUT2D eigenvalue weighted by Gasteiger charge is -2.32. The van der Waals surface area contributed by atoms with E-state index in [-0.39, 0.29) is 50.5 Å². The number of aliphatic hydroxyl groups excluding tert-OH is 1. The van der Waals surface area contributed by atoms with Crippen LogP contribution in [0.25, 0.3) is 0 Å². The Bertz CT molecular complexity index is 1940. The summed E-state index contributed by atoms with van der Waals surface area (Å²) in [6.07, 6.45) is -2.15. The number of benzene rings is 1. The van der Waals surface area contributed by atoms with Crippen LogP contribution in [0.5, 0.6) is 5.75 Å². The molecule has 2 fully saturated rings. The first-order valence-corrected chi connectivity index (χ1v) is 21.3. The third kappa shape index (κ3) is 15.3. The zero-order valence-corrected chi connectivity index (χ0v) is 37.2. The summed E-state index contributed by atoms with van der Waals surface area (Å²) in [5, 5.41) is 42.9. The summed E-state index contributed by atoms with van der Waals surface area (Å²) < 4.78 is 0. The van der Waals surface area contributed by atoms with Crippen LogP contribution in [0.2, 0.25) is 0 Å². The summed E-state index contributed by atoms with van der Waals surface area (Å²) in [6.45, 7) is 7.46. The molecule has 360 valence electrons. The minimum atomic E-state index is -1.57. The van der Waals surface area contributed by atoms with Gasteiger partial charge in [-0.2, -0.15) is 0 Å². The molecule has 3 rings (SSSR count). The van der Waals surface area contributed by atoms with E-state index in [4.69, 9.17) is 22.9 Å². The smallest absolute Gasteiger partial charge is 0.303 e. The van der Waals surface area contributed by atoms with E-state index in [0.29, 0.717) is 12.0 Å². The molecule has 0 aromatic heterocycles. The second kappa shape index (κ2) is 23.9. The Morgan fingerprint density at radius 3 is 2.03 bits per heavy atom. The summed E-state index contributed by atoms with van der Waals surface area (Å²) in [5.41, 5.74) is 22.7. The van der Waals surface area contributed by atoms with Gasteiger partial charge in [-0.25, -0.2) is 0 Å². The third-order valence-corrected chi connectivity index (χ3v) is 11.2. The number of primary amides is 1. The van der Waals surface area contributed by atoms with Crippen molar-refractivity contribution in [2.75, 3.05) is 13.1 Å². The molecule has 24 heteroatoms. The topological polar surface area (TPSA) is 397 Å². The lowest BCUT2D eigenvalue weighted by molar-refractivity contribution is -0.143. The molecule has 2 aliphatic heterocycles. The van der Waals surface area contributed by atoms with Gasteiger partial charge in [-0.1, -0.05) is 26.0 Å². The summed E-state index contributed by atoms with van der Waals surface area (Å²) in [5.74, 6) is -8.17. The van der Waals surface area contributed by atoms with E-state index in [2.05, 4.69) is 31.6 Å². The van der Waals surface area contributed by atoms with Crippen molar-refractivity contribution >= 4 is 59.2 Å². The van der Waals surface area contributed by atoms with Crippen LogP contribution in [0, 0.1) is 5.92 Å². The van der Waals surface area contributed by atoms with Crippen LogP contribution >= 0.6 is 0 Å². The number of nitrogens with zero attached hydrogens (tertiary/aromatic N) is 3. The second-order valence-corrected chi connectivity index (χ2v) is 16.8. The molecule has 65 heavy (non-hydrogen) atoms. The first-order valence-electron chi connectivity index (χ1n) is 21.3. The molecule has 0 spiro atoms. The van der Waals surface area contributed by atoms with E-state index in [9.17, 15) is 58.5 Å². The molecular formula is C41H64N12O12. The number of rotatable bonds is 24. The number of likely N-dealkylation sites (tertiary alicyclic amines) is 2. The van der Waals surface area contributed by atoms with Crippen LogP contribution in [0.3, 0.4) is 0 Å². The first-order chi connectivity index (χ1) is 30.4. The number of nitrogens with two attached hydrogens (primary N) is 4. The Hall–Kier alpha value is -6.56. The van der Waals surface area contributed by atoms with Gasteiger partial charge in [-0.3, -0.25) is 48.1 Å². The molecule has 0 bridgehead atoms. The van der Waals surface area contributed by atoms with Crippen LogP contribution < -0.4 is 49.5 Å². The van der Waals surface area contributed by atoms with Crippen molar-refractivity contribution in [2.45, 2.75) is 140 Å². The molecule has 1 aromatic carbocycles. The number of hydrogen-bond acceptors (Lipinski definition) is 13. The van der Waals surface area contributed by atoms with Crippen LogP contribution in [0.15, 0.2) is 29.3 Å². The fourth-order valence-electron chi connectivity index (χ4n) is 7.65. The lowest BCUT2D eigenvalue weighted by atomic mass is 10.0.